The van der Waals surface area contributed by atoms with Crippen LogP contribution in [0.1, 0.15) is 30.9 Å². The number of hydrogen-bond donors (Lipinski definition) is 4. The van der Waals surface area contributed by atoms with Crippen molar-refractivity contribution < 1.29 is 27.2 Å². The fraction of sp³-hybridized carbons (Fsp3) is 0.414. The Kier molecular flexibility index (Phi) is 11.3. The summed E-state index contributed by atoms with van der Waals surface area (Å²) in [5, 5.41) is 6.74. The molecule has 1 aliphatic heterocycles. The van der Waals surface area contributed by atoms with Crippen molar-refractivity contribution in [3.63, 3.8) is 0 Å². The van der Waals surface area contributed by atoms with Gasteiger partial charge < -0.3 is 24.4 Å². The second kappa shape index (κ2) is 14.2. The number of alkyl halides is 3. The third-order valence-electron chi connectivity index (χ3n) is 6.79. The summed E-state index contributed by atoms with van der Waals surface area (Å²) in [7, 11) is 4.19. The Balaban J connectivity index is 1.74. The molecule has 2 aromatic carbocycles. The third kappa shape index (κ3) is 9.70. The Hall–Kier alpha value is -2.77. The maximum Gasteiger partial charge on any atom is 0.416 e. The van der Waals surface area contributed by atoms with Gasteiger partial charge in [0.2, 0.25) is 11.8 Å². The zero-order chi connectivity index (χ0) is 29.3. The second-order valence-corrected chi connectivity index (χ2v) is 13.0. The van der Waals surface area contributed by atoms with Crippen LogP contribution in [0.25, 0.3) is 6.08 Å². The van der Waals surface area contributed by atoms with E-state index in [1.807, 2.05) is 37.3 Å². The Morgan fingerprint density at radius 2 is 1.75 bits per heavy atom. The van der Waals surface area contributed by atoms with Gasteiger partial charge in [0, 0.05) is 49.2 Å². The van der Waals surface area contributed by atoms with Gasteiger partial charge in [-0.05, 0) is 47.9 Å². The molecule has 2 atom stereocenters. The van der Waals surface area contributed by atoms with E-state index in [9.17, 15) is 22.8 Å². The van der Waals surface area contributed by atoms with Crippen LogP contribution >= 0.6 is 21.0 Å². The predicted molar refractivity (Wildman–Crippen MR) is 159 cm³/mol. The summed E-state index contributed by atoms with van der Waals surface area (Å²) in [6, 6.07) is 11.6. The zero-order valence-electron chi connectivity index (χ0n) is 23.0. The number of amides is 2. The molecule has 0 saturated heterocycles. The highest BCUT2D eigenvalue weighted by atomic mass is 127. The van der Waals surface area contributed by atoms with Crippen LogP contribution in [0.2, 0.25) is 0 Å². The fourth-order valence-corrected chi connectivity index (χ4v) is 6.20. The number of allylic oxidation sites excluding steroid dienone is 1. The standard InChI is InChI=1S/C29H37F3IN5O2/c1-20(7-6-15-38(2,3)16-14-34)27(39)37-26(17-21-10-12-23(13-11-21)29(30,31)32)28(40)36-24-18-22-8-4-5-9-25(22)33-35-19-24/h4-5,8-13,18-20,26,35H,6-7,14-17,34H2,1-3H3,(H-,36,37,39,40)/p+1/t20-,26-/m0/s1. The monoisotopic (exact) mass is 672 g/mol. The van der Waals surface area contributed by atoms with E-state index in [0.717, 1.165) is 41.3 Å². The van der Waals surface area contributed by atoms with Gasteiger partial charge in [0.25, 0.3) is 0 Å². The minimum absolute atomic E-state index is 0.0487. The van der Waals surface area contributed by atoms with E-state index < -0.39 is 44.7 Å². The molecule has 2 aromatic rings. The number of fused-ring (bicyclic) bond motifs is 1. The number of benzene rings is 2. The number of carbonyl (C=O) groups excluding carboxylic acids is 2. The number of nitrogens with one attached hydrogen (secondary N) is 3. The molecule has 0 fully saturated rings. The first-order valence-electron chi connectivity index (χ1n) is 13.2. The topological polar surface area (TPSA) is 96.2 Å². The van der Waals surface area contributed by atoms with Crippen molar-refractivity contribution in [3.05, 3.63) is 79.9 Å². The average molecular weight is 673 g/mol. The SMILES string of the molecule is C[C@@H](CCC[N+](C)(C)CCN)C(=O)N[C@@H](Cc1ccc(C(F)(F)F)cc1)C(=O)NC1=CNI=c2ccccc2=C1. The van der Waals surface area contributed by atoms with Crippen molar-refractivity contribution in [3.8, 4) is 0 Å². The Morgan fingerprint density at radius 1 is 1.05 bits per heavy atom. The quantitative estimate of drug-likeness (QED) is 0.158. The smallest absolute Gasteiger partial charge is 0.344 e. The van der Waals surface area contributed by atoms with Crippen LogP contribution in [0.15, 0.2) is 60.4 Å². The molecule has 218 valence electrons. The van der Waals surface area contributed by atoms with E-state index in [0.29, 0.717) is 24.2 Å². The largest absolute Gasteiger partial charge is 0.416 e. The fourth-order valence-electron chi connectivity index (χ4n) is 4.34. The normalized spacial score (nSPS) is 14.9. The molecule has 0 bridgehead atoms. The van der Waals surface area contributed by atoms with Crippen molar-refractivity contribution >= 4 is 38.9 Å². The predicted octanol–water partition coefficient (Wildman–Crippen LogP) is 3.36. The van der Waals surface area contributed by atoms with Gasteiger partial charge in [0.1, 0.15) is 6.04 Å². The molecule has 3 rings (SSSR count). The second-order valence-electron chi connectivity index (χ2n) is 10.6. The first kappa shape index (κ1) is 31.8. The minimum Gasteiger partial charge on any atom is -0.344 e. The molecule has 0 unspecified atom stereocenters. The van der Waals surface area contributed by atoms with E-state index in [-0.39, 0.29) is 18.2 Å². The van der Waals surface area contributed by atoms with Crippen molar-refractivity contribution in [2.45, 2.75) is 38.4 Å². The van der Waals surface area contributed by atoms with Gasteiger partial charge in [0.15, 0.2) is 0 Å². The summed E-state index contributed by atoms with van der Waals surface area (Å²) in [5.41, 5.74) is 5.98. The molecule has 11 heteroatoms. The van der Waals surface area contributed by atoms with Crippen molar-refractivity contribution in [1.82, 2.24) is 14.2 Å². The first-order valence-corrected chi connectivity index (χ1v) is 15.4. The zero-order valence-corrected chi connectivity index (χ0v) is 25.2. The lowest BCUT2D eigenvalue weighted by atomic mass is 10.0. The summed E-state index contributed by atoms with van der Waals surface area (Å²) in [4.78, 5) is 26.6. The maximum atomic E-state index is 13.4. The summed E-state index contributed by atoms with van der Waals surface area (Å²) in [5.74, 6) is -1.06. The highest BCUT2D eigenvalue weighted by Crippen LogP contribution is 2.29. The van der Waals surface area contributed by atoms with E-state index in [2.05, 4.69) is 28.3 Å². The summed E-state index contributed by atoms with van der Waals surface area (Å²) < 4.78 is 44.3. The maximum absolute atomic E-state index is 13.4. The number of likely N-dealkylation sites (N-methyl/N-ethyl adjacent to an activating group) is 1. The summed E-state index contributed by atoms with van der Waals surface area (Å²) in [6.07, 6.45) is 0.653. The van der Waals surface area contributed by atoms with Crippen molar-refractivity contribution in [2.75, 3.05) is 33.7 Å². The number of rotatable bonds is 12. The molecule has 0 radical (unpaired) electrons. The lowest BCUT2D eigenvalue weighted by Crippen LogP contribution is -2.49. The molecule has 0 saturated carbocycles. The number of hydrogen-bond acceptors (Lipinski definition) is 4. The van der Waals surface area contributed by atoms with Crippen LogP contribution in [0.3, 0.4) is 0 Å². The molecule has 0 aromatic heterocycles. The first-order chi connectivity index (χ1) is 18.9. The lowest BCUT2D eigenvalue weighted by Gasteiger charge is -2.29. The minimum atomic E-state index is -4.45. The van der Waals surface area contributed by atoms with Crippen LogP contribution in [0, 0.1) is 9.07 Å². The van der Waals surface area contributed by atoms with Gasteiger partial charge in [-0.3, -0.25) is 9.59 Å². The number of halogens is 4. The van der Waals surface area contributed by atoms with Crippen LogP contribution in [-0.4, -0.2) is 56.1 Å². The van der Waals surface area contributed by atoms with E-state index >= 15 is 0 Å². The number of nitrogens with two attached hydrogens (primary N) is 1. The molecule has 5 N–H and O–H groups in total. The van der Waals surface area contributed by atoms with Gasteiger partial charge in [-0.25, -0.2) is 0 Å². The van der Waals surface area contributed by atoms with Crippen LogP contribution in [0.5, 0.6) is 0 Å². The Labute approximate surface area is 243 Å². The molecule has 40 heavy (non-hydrogen) atoms. The van der Waals surface area contributed by atoms with Gasteiger partial charge in [-0.2, -0.15) is 13.2 Å². The van der Waals surface area contributed by atoms with Gasteiger partial charge in [0.05, 0.1) is 38.4 Å². The molecule has 0 aliphatic carbocycles. The van der Waals surface area contributed by atoms with E-state index in [1.165, 1.54) is 15.3 Å². The number of carbonyl (C=O) groups is 2. The summed E-state index contributed by atoms with van der Waals surface area (Å²) in [6.45, 7) is 4.10. The van der Waals surface area contributed by atoms with Crippen molar-refractivity contribution in [1.29, 1.82) is 0 Å². The van der Waals surface area contributed by atoms with Crippen LogP contribution in [0.4, 0.5) is 13.2 Å². The lowest BCUT2D eigenvalue weighted by molar-refractivity contribution is -0.889. The highest BCUT2D eigenvalue weighted by Gasteiger charge is 2.30. The molecule has 1 heterocycles. The average Bonchev–Trinajstić information content (AvgIpc) is 3.09. The van der Waals surface area contributed by atoms with Crippen LogP contribution < -0.4 is 25.1 Å². The van der Waals surface area contributed by atoms with E-state index in [4.69, 9.17) is 5.73 Å². The molecule has 2 amide bonds. The Bertz CT molecular complexity index is 1330. The molecule has 1 aliphatic rings. The molecular formula is C29H38F3IN5O2+. The van der Waals surface area contributed by atoms with Gasteiger partial charge >= 0.3 is 6.18 Å². The number of quaternary nitrogens is 1. The number of nitrogens with zero attached hydrogens (tertiary/aromatic N) is 1. The summed E-state index contributed by atoms with van der Waals surface area (Å²) >= 11 is -0.475. The molecular weight excluding hydrogens is 634 g/mol. The van der Waals surface area contributed by atoms with E-state index in [1.54, 1.807) is 6.20 Å². The van der Waals surface area contributed by atoms with Gasteiger partial charge in [-0.15, -0.1) is 0 Å². The highest BCUT2D eigenvalue weighted by molar-refractivity contribution is 14.2. The molecule has 0 spiro atoms. The third-order valence-corrected chi connectivity index (χ3v) is 8.97. The Morgan fingerprint density at radius 3 is 2.42 bits per heavy atom. The van der Waals surface area contributed by atoms with Crippen LogP contribution in [-0.2, 0) is 22.2 Å². The van der Waals surface area contributed by atoms with Gasteiger partial charge in [-0.1, -0.05) is 37.3 Å². The molecule has 7 nitrogen and oxygen atoms in total. The van der Waals surface area contributed by atoms with Crippen molar-refractivity contribution in [2.24, 2.45) is 11.7 Å².